The van der Waals surface area contributed by atoms with Crippen molar-refractivity contribution in [3.63, 3.8) is 0 Å². The summed E-state index contributed by atoms with van der Waals surface area (Å²) >= 11 is 0. The van der Waals surface area contributed by atoms with Gasteiger partial charge in [0.2, 0.25) is 0 Å². The predicted molar refractivity (Wildman–Crippen MR) is 77.1 cm³/mol. The summed E-state index contributed by atoms with van der Waals surface area (Å²) in [7, 11) is 5.72. The maximum Gasteiger partial charge on any atom is 0.253 e. The molecule has 1 amide bonds. The van der Waals surface area contributed by atoms with Crippen LogP contribution in [0.4, 0.5) is 0 Å². The highest BCUT2D eigenvalue weighted by molar-refractivity contribution is 5.94. The van der Waals surface area contributed by atoms with E-state index in [2.05, 4.69) is 4.90 Å². The second-order valence-electron chi connectivity index (χ2n) is 5.91. The zero-order chi connectivity index (χ0) is 14.6. The number of carbonyl (C=O) groups excluding carboxylic acids is 1. The van der Waals surface area contributed by atoms with E-state index in [9.17, 15) is 9.90 Å². The van der Waals surface area contributed by atoms with Gasteiger partial charge in [-0.25, -0.2) is 0 Å². The van der Waals surface area contributed by atoms with Crippen molar-refractivity contribution in [2.45, 2.75) is 26.0 Å². The third kappa shape index (κ3) is 5.41. The van der Waals surface area contributed by atoms with E-state index in [1.54, 1.807) is 25.8 Å². The lowest BCUT2D eigenvalue weighted by Crippen LogP contribution is -2.39. The van der Waals surface area contributed by atoms with Gasteiger partial charge in [-0.2, -0.15) is 0 Å². The Morgan fingerprint density at radius 2 is 1.68 bits per heavy atom. The Kier molecular flexibility index (Phi) is 5.09. The van der Waals surface area contributed by atoms with E-state index in [0.29, 0.717) is 12.1 Å². The standard InChI is InChI=1S/C15H24N2O2/c1-15(2,19)11-17(5)14(18)13-8-6-12(7-9-13)10-16(3)4/h6-9,19H,10-11H2,1-5H3. The highest BCUT2D eigenvalue weighted by atomic mass is 16.3. The monoisotopic (exact) mass is 264 g/mol. The van der Waals surface area contributed by atoms with Gasteiger partial charge < -0.3 is 14.9 Å². The molecule has 0 saturated carbocycles. The van der Waals surface area contributed by atoms with E-state index >= 15 is 0 Å². The summed E-state index contributed by atoms with van der Waals surface area (Å²) in [5, 5.41) is 9.73. The Bertz CT molecular complexity index is 419. The first kappa shape index (κ1) is 15.7. The van der Waals surface area contributed by atoms with Gasteiger partial charge in [-0.1, -0.05) is 12.1 Å². The topological polar surface area (TPSA) is 43.8 Å². The first-order valence-electron chi connectivity index (χ1n) is 6.40. The van der Waals surface area contributed by atoms with Crippen LogP contribution >= 0.6 is 0 Å². The number of benzene rings is 1. The molecule has 1 aromatic rings. The third-order valence-electron chi connectivity index (χ3n) is 2.67. The van der Waals surface area contributed by atoms with Crippen LogP contribution in [0.15, 0.2) is 24.3 Å². The van der Waals surface area contributed by atoms with Gasteiger partial charge in [0, 0.05) is 25.7 Å². The largest absolute Gasteiger partial charge is 0.389 e. The van der Waals surface area contributed by atoms with Crippen molar-refractivity contribution in [2.75, 3.05) is 27.7 Å². The molecule has 0 aliphatic heterocycles. The van der Waals surface area contributed by atoms with E-state index in [1.807, 2.05) is 38.4 Å². The number of hydrogen-bond donors (Lipinski definition) is 1. The summed E-state index contributed by atoms with van der Waals surface area (Å²) in [6.45, 7) is 4.55. The van der Waals surface area contributed by atoms with Gasteiger partial charge in [0.25, 0.3) is 5.91 Å². The molecule has 0 saturated heterocycles. The normalized spacial score (nSPS) is 11.7. The number of amides is 1. The zero-order valence-corrected chi connectivity index (χ0v) is 12.5. The van der Waals surface area contributed by atoms with Crippen molar-refractivity contribution in [1.29, 1.82) is 0 Å². The minimum atomic E-state index is -0.880. The molecule has 1 N–H and O–H groups in total. The lowest BCUT2D eigenvalue weighted by atomic mass is 10.1. The van der Waals surface area contributed by atoms with Crippen molar-refractivity contribution >= 4 is 5.91 Å². The predicted octanol–water partition coefficient (Wildman–Crippen LogP) is 1.59. The summed E-state index contributed by atoms with van der Waals surface area (Å²) in [5.41, 5.74) is 0.941. The summed E-state index contributed by atoms with van der Waals surface area (Å²) in [6.07, 6.45) is 0. The number of nitrogens with zero attached hydrogens (tertiary/aromatic N) is 2. The first-order chi connectivity index (χ1) is 8.69. The fourth-order valence-electron chi connectivity index (χ4n) is 1.99. The third-order valence-corrected chi connectivity index (χ3v) is 2.67. The molecule has 0 unspecified atom stereocenters. The van der Waals surface area contributed by atoms with Gasteiger partial charge in [0.05, 0.1) is 5.60 Å². The lowest BCUT2D eigenvalue weighted by Gasteiger charge is -2.25. The molecule has 19 heavy (non-hydrogen) atoms. The molecular formula is C15H24N2O2. The van der Waals surface area contributed by atoms with Crippen LogP contribution in [0.3, 0.4) is 0 Å². The lowest BCUT2D eigenvalue weighted by molar-refractivity contribution is 0.0368. The second kappa shape index (κ2) is 6.17. The van der Waals surface area contributed by atoms with Crippen LogP contribution in [0.5, 0.6) is 0 Å². The van der Waals surface area contributed by atoms with Gasteiger partial charge in [0.15, 0.2) is 0 Å². The van der Waals surface area contributed by atoms with Crippen molar-refractivity contribution in [2.24, 2.45) is 0 Å². The Morgan fingerprint density at radius 3 is 2.11 bits per heavy atom. The highest BCUT2D eigenvalue weighted by Crippen LogP contribution is 2.10. The Hall–Kier alpha value is -1.39. The van der Waals surface area contributed by atoms with E-state index in [0.717, 1.165) is 6.54 Å². The SMILES string of the molecule is CN(C)Cc1ccc(C(=O)N(C)CC(C)(C)O)cc1. The molecule has 4 nitrogen and oxygen atoms in total. The van der Waals surface area contributed by atoms with Gasteiger partial charge >= 0.3 is 0 Å². The van der Waals surface area contributed by atoms with Crippen molar-refractivity contribution < 1.29 is 9.90 Å². The van der Waals surface area contributed by atoms with Crippen LogP contribution in [0.1, 0.15) is 29.8 Å². The summed E-state index contributed by atoms with van der Waals surface area (Å²) < 4.78 is 0. The van der Waals surface area contributed by atoms with Gasteiger partial charge in [-0.05, 0) is 45.6 Å². The van der Waals surface area contributed by atoms with Crippen LogP contribution in [-0.2, 0) is 6.54 Å². The molecule has 0 spiro atoms. The van der Waals surface area contributed by atoms with Crippen LogP contribution in [0, 0.1) is 0 Å². The molecule has 0 atom stereocenters. The van der Waals surface area contributed by atoms with Gasteiger partial charge in [-0.3, -0.25) is 4.79 Å². The van der Waals surface area contributed by atoms with E-state index < -0.39 is 5.60 Å². The highest BCUT2D eigenvalue weighted by Gasteiger charge is 2.20. The maximum atomic E-state index is 12.2. The molecule has 1 aromatic carbocycles. The molecule has 0 aromatic heterocycles. The Labute approximate surface area is 115 Å². The molecule has 0 fully saturated rings. The number of hydrogen-bond acceptors (Lipinski definition) is 3. The summed E-state index contributed by atoms with van der Waals surface area (Å²) in [4.78, 5) is 15.8. The number of rotatable bonds is 5. The maximum absolute atomic E-state index is 12.2. The van der Waals surface area contributed by atoms with Gasteiger partial charge in [-0.15, -0.1) is 0 Å². The van der Waals surface area contributed by atoms with Gasteiger partial charge in [0.1, 0.15) is 0 Å². The second-order valence-corrected chi connectivity index (χ2v) is 5.91. The number of carbonyl (C=O) groups is 1. The molecular weight excluding hydrogens is 240 g/mol. The van der Waals surface area contributed by atoms with Crippen LogP contribution in [-0.4, -0.2) is 54.1 Å². The smallest absolute Gasteiger partial charge is 0.253 e. The minimum absolute atomic E-state index is 0.0708. The molecule has 1 rings (SSSR count). The minimum Gasteiger partial charge on any atom is -0.389 e. The molecule has 0 heterocycles. The number of aliphatic hydroxyl groups is 1. The fraction of sp³-hybridized carbons (Fsp3) is 0.533. The number of likely N-dealkylation sites (N-methyl/N-ethyl adjacent to an activating group) is 1. The first-order valence-corrected chi connectivity index (χ1v) is 6.40. The average molecular weight is 264 g/mol. The van der Waals surface area contributed by atoms with E-state index in [4.69, 9.17) is 0 Å². The summed E-state index contributed by atoms with van der Waals surface area (Å²) in [5.74, 6) is -0.0708. The molecule has 0 aliphatic carbocycles. The summed E-state index contributed by atoms with van der Waals surface area (Å²) in [6, 6.07) is 7.60. The average Bonchev–Trinajstić information content (AvgIpc) is 2.26. The Balaban J connectivity index is 2.72. The molecule has 4 heteroatoms. The Morgan fingerprint density at radius 1 is 1.16 bits per heavy atom. The molecule has 0 aliphatic rings. The fourth-order valence-corrected chi connectivity index (χ4v) is 1.99. The quantitative estimate of drug-likeness (QED) is 0.878. The van der Waals surface area contributed by atoms with E-state index in [-0.39, 0.29) is 5.91 Å². The van der Waals surface area contributed by atoms with Crippen LogP contribution in [0.25, 0.3) is 0 Å². The van der Waals surface area contributed by atoms with Crippen molar-refractivity contribution in [3.05, 3.63) is 35.4 Å². The van der Waals surface area contributed by atoms with Crippen LogP contribution in [0.2, 0.25) is 0 Å². The molecule has 0 bridgehead atoms. The zero-order valence-electron chi connectivity index (χ0n) is 12.5. The molecule has 106 valence electrons. The molecule has 0 radical (unpaired) electrons. The van der Waals surface area contributed by atoms with E-state index in [1.165, 1.54) is 5.56 Å². The van der Waals surface area contributed by atoms with Crippen molar-refractivity contribution in [3.8, 4) is 0 Å². The van der Waals surface area contributed by atoms with Crippen molar-refractivity contribution in [1.82, 2.24) is 9.80 Å². The van der Waals surface area contributed by atoms with Crippen LogP contribution < -0.4 is 0 Å².